The smallest absolute Gasteiger partial charge is 0.240 e. The molecule has 2 unspecified atom stereocenters. The summed E-state index contributed by atoms with van der Waals surface area (Å²) in [5, 5.41) is 11.6. The molecule has 4 nitrogen and oxygen atoms in total. The number of benzene rings is 1. The minimum Gasteiger partial charge on any atom is -0.348 e. The van der Waals surface area contributed by atoms with Crippen molar-refractivity contribution in [3.05, 3.63) is 35.4 Å². The monoisotopic (exact) mass is 245 g/mol. The summed E-state index contributed by atoms with van der Waals surface area (Å²) in [7, 11) is 0. The lowest BCUT2D eigenvalue weighted by atomic mass is 9.98. The Morgan fingerprint density at radius 2 is 2.06 bits per heavy atom. The molecule has 1 rings (SSSR count). The number of hydrogen-bond donors (Lipinski definition) is 2. The van der Waals surface area contributed by atoms with Crippen LogP contribution in [0.1, 0.15) is 44.4 Å². The third kappa shape index (κ3) is 3.31. The SMILES string of the molecule is CCC(C)(N)C(=O)NC(C)c1ccc(C#N)cc1. The summed E-state index contributed by atoms with van der Waals surface area (Å²) in [6.07, 6.45) is 0.582. The van der Waals surface area contributed by atoms with Crippen LogP contribution in [0.25, 0.3) is 0 Å². The van der Waals surface area contributed by atoms with Gasteiger partial charge in [-0.25, -0.2) is 0 Å². The summed E-state index contributed by atoms with van der Waals surface area (Å²) in [5.41, 5.74) is 6.59. The summed E-state index contributed by atoms with van der Waals surface area (Å²) < 4.78 is 0. The Morgan fingerprint density at radius 3 is 2.50 bits per heavy atom. The Labute approximate surface area is 108 Å². The molecule has 0 spiro atoms. The Kier molecular flexibility index (Phi) is 4.46. The maximum atomic E-state index is 11.9. The van der Waals surface area contributed by atoms with Gasteiger partial charge in [0.1, 0.15) is 0 Å². The van der Waals surface area contributed by atoms with Crippen molar-refractivity contribution in [1.29, 1.82) is 5.26 Å². The van der Waals surface area contributed by atoms with Gasteiger partial charge in [0, 0.05) is 0 Å². The van der Waals surface area contributed by atoms with Crippen LogP contribution >= 0.6 is 0 Å². The highest BCUT2D eigenvalue weighted by Gasteiger charge is 2.27. The van der Waals surface area contributed by atoms with Gasteiger partial charge in [0.25, 0.3) is 0 Å². The zero-order chi connectivity index (χ0) is 13.8. The molecule has 1 aromatic carbocycles. The van der Waals surface area contributed by atoms with E-state index in [9.17, 15) is 4.79 Å². The number of carbonyl (C=O) groups excluding carboxylic acids is 1. The van der Waals surface area contributed by atoms with Gasteiger partial charge in [-0.3, -0.25) is 4.79 Å². The standard InChI is InChI=1S/C14H19N3O/c1-4-14(3,16)13(18)17-10(2)12-7-5-11(9-15)6-8-12/h5-8,10H,4,16H2,1-3H3,(H,17,18). The third-order valence-corrected chi connectivity index (χ3v) is 3.14. The number of hydrogen-bond acceptors (Lipinski definition) is 3. The Hall–Kier alpha value is -1.86. The molecule has 18 heavy (non-hydrogen) atoms. The molecule has 0 aliphatic carbocycles. The van der Waals surface area contributed by atoms with E-state index in [2.05, 4.69) is 11.4 Å². The van der Waals surface area contributed by atoms with Crippen LogP contribution in [-0.4, -0.2) is 11.4 Å². The Morgan fingerprint density at radius 1 is 1.50 bits per heavy atom. The van der Waals surface area contributed by atoms with Crippen LogP contribution in [0.15, 0.2) is 24.3 Å². The van der Waals surface area contributed by atoms with Crippen molar-refractivity contribution in [3.63, 3.8) is 0 Å². The largest absolute Gasteiger partial charge is 0.348 e. The van der Waals surface area contributed by atoms with Gasteiger partial charge in [-0.1, -0.05) is 19.1 Å². The van der Waals surface area contributed by atoms with Crippen LogP contribution < -0.4 is 11.1 Å². The summed E-state index contributed by atoms with van der Waals surface area (Å²) >= 11 is 0. The topological polar surface area (TPSA) is 78.9 Å². The van der Waals surface area contributed by atoms with Gasteiger partial charge in [-0.2, -0.15) is 5.26 Å². The van der Waals surface area contributed by atoms with E-state index in [-0.39, 0.29) is 11.9 Å². The van der Waals surface area contributed by atoms with Gasteiger partial charge in [0.2, 0.25) is 5.91 Å². The molecule has 3 N–H and O–H groups in total. The van der Waals surface area contributed by atoms with Crippen LogP contribution in [0.4, 0.5) is 0 Å². The van der Waals surface area contributed by atoms with Gasteiger partial charge in [-0.15, -0.1) is 0 Å². The molecule has 0 radical (unpaired) electrons. The van der Waals surface area contributed by atoms with Crippen molar-refractivity contribution in [1.82, 2.24) is 5.32 Å². The number of nitrogens with two attached hydrogens (primary N) is 1. The highest BCUT2D eigenvalue weighted by molar-refractivity contribution is 5.85. The van der Waals surface area contributed by atoms with Crippen molar-refractivity contribution in [3.8, 4) is 6.07 Å². The summed E-state index contributed by atoms with van der Waals surface area (Å²) in [4.78, 5) is 11.9. The molecule has 1 amide bonds. The van der Waals surface area contributed by atoms with Crippen LogP contribution in [-0.2, 0) is 4.79 Å². The van der Waals surface area contributed by atoms with Crippen molar-refractivity contribution in [2.45, 2.75) is 38.8 Å². The molecular formula is C14H19N3O. The maximum absolute atomic E-state index is 11.9. The van der Waals surface area contributed by atoms with Crippen LogP contribution in [0, 0.1) is 11.3 Å². The highest BCUT2D eigenvalue weighted by atomic mass is 16.2. The van der Waals surface area contributed by atoms with E-state index in [1.54, 1.807) is 19.1 Å². The first kappa shape index (κ1) is 14.2. The fourth-order valence-electron chi connectivity index (χ4n) is 1.45. The number of nitriles is 1. The van der Waals surface area contributed by atoms with Crippen LogP contribution in [0.2, 0.25) is 0 Å². The van der Waals surface area contributed by atoms with E-state index in [1.165, 1.54) is 0 Å². The quantitative estimate of drug-likeness (QED) is 0.849. The van der Waals surface area contributed by atoms with Crippen molar-refractivity contribution in [2.24, 2.45) is 5.73 Å². The number of rotatable bonds is 4. The Bertz CT molecular complexity index is 457. The van der Waals surface area contributed by atoms with Gasteiger partial charge in [0.05, 0.1) is 23.2 Å². The number of amides is 1. The van der Waals surface area contributed by atoms with E-state index in [0.29, 0.717) is 12.0 Å². The molecule has 1 aromatic rings. The van der Waals surface area contributed by atoms with E-state index in [4.69, 9.17) is 11.0 Å². The molecule has 4 heteroatoms. The fourth-order valence-corrected chi connectivity index (χ4v) is 1.45. The molecule has 0 bridgehead atoms. The molecule has 0 aliphatic rings. The second kappa shape index (κ2) is 5.65. The summed E-state index contributed by atoms with van der Waals surface area (Å²) in [6, 6.07) is 9.08. The minimum absolute atomic E-state index is 0.125. The predicted octanol–water partition coefficient (Wildman–Crippen LogP) is 1.86. The first-order valence-electron chi connectivity index (χ1n) is 6.00. The summed E-state index contributed by atoms with van der Waals surface area (Å²) in [6.45, 7) is 5.49. The average Bonchev–Trinajstić information content (AvgIpc) is 2.38. The first-order chi connectivity index (χ1) is 8.40. The van der Waals surface area contributed by atoms with Gasteiger partial charge >= 0.3 is 0 Å². The van der Waals surface area contributed by atoms with Crippen molar-refractivity contribution >= 4 is 5.91 Å². The lowest BCUT2D eigenvalue weighted by Crippen LogP contribution is -2.51. The Balaban J connectivity index is 2.74. The molecule has 0 saturated carbocycles. The highest BCUT2D eigenvalue weighted by Crippen LogP contribution is 2.15. The fraction of sp³-hybridized carbons (Fsp3) is 0.429. The van der Waals surface area contributed by atoms with Crippen molar-refractivity contribution < 1.29 is 4.79 Å². The zero-order valence-corrected chi connectivity index (χ0v) is 11.0. The van der Waals surface area contributed by atoms with Gasteiger partial charge < -0.3 is 11.1 Å². The number of carbonyl (C=O) groups is 1. The molecule has 96 valence electrons. The van der Waals surface area contributed by atoms with Crippen LogP contribution in [0.5, 0.6) is 0 Å². The van der Waals surface area contributed by atoms with Gasteiger partial charge in [0.15, 0.2) is 0 Å². The zero-order valence-electron chi connectivity index (χ0n) is 11.0. The third-order valence-electron chi connectivity index (χ3n) is 3.14. The molecular weight excluding hydrogens is 226 g/mol. The number of nitrogens with one attached hydrogen (secondary N) is 1. The van der Waals surface area contributed by atoms with Crippen molar-refractivity contribution in [2.75, 3.05) is 0 Å². The lowest BCUT2D eigenvalue weighted by molar-refractivity contribution is -0.126. The summed E-state index contributed by atoms with van der Waals surface area (Å²) in [5.74, 6) is -0.165. The predicted molar refractivity (Wildman–Crippen MR) is 70.6 cm³/mol. The first-order valence-corrected chi connectivity index (χ1v) is 6.00. The lowest BCUT2D eigenvalue weighted by Gasteiger charge is -2.24. The molecule has 2 atom stereocenters. The molecule has 0 heterocycles. The minimum atomic E-state index is -0.846. The molecule has 0 aromatic heterocycles. The number of nitrogens with zero attached hydrogens (tertiary/aromatic N) is 1. The molecule has 0 fully saturated rings. The van der Waals surface area contributed by atoms with Gasteiger partial charge in [-0.05, 0) is 38.0 Å². The second-order valence-corrected chi connectivity index (χ2v) is 4.70. The van der Waals surface area contributed by atoms with E-state index < -0.39 is 5.54 Å². The molecule has 0 aliphatic heterocycles. The van der Waals surface area contributed by atoms with E-state index in [1.807, 2.05) is 26.0 Å². The van der Waals surface area contributed by atoms with E-state index >= 15 is 0 Å². The maximum Gasteiger partial charge on any atom is 0.240 e. The second-order valence-electron chi connectivity index (χ2n) is 4.70. The average molecular weight is 245 g/mol. The van der Waals surface area contributed by atoms with Crippen LogP contribution in [0.3, 0.4) is 0 Å². The normalized spacial score (nSPS) is 15.3. The molecule has 0 saturated heterocycles. The van der Waals surface area contributed by atoms with E-state index in [0.717, 1.165) is 5.56 Å².